The fourth-order valence-corrected chi connectivity index (χ4v) is 3.05. The topological polar surface area (TPSA) is 86.5 Å². The Balaban J connectivity index is 1.98. The van der Waals surface area contributed by atoms with E-state index in [1.807, 2.05) is 29.6 Å². The highest BCUT2D eigenvalue weighted by atomic mass is 32.1. The average molecular weight is 355 g/mol. The summed E-state index contributed by atoms with van der Waals surface area (Å²) in [5, 5.41) is 5.23. The number of para-hydroxylation sites is 1. The minimum Gasteiger partial charge on any atom is -0.496 e. The lowest BCUT2D eigenvalue weighted by Gasteiger charge is -2.14. The van der Waals surface area contributed by atoms with Crippen LogP contribution in [-0.4, -0.2) is 25.1 Å². The molecule has 3 rings (SSSR count). The van der Waals surface area contributed by atoms with Gasteiger partial charge in [0.25, 0.3) is 5.91 Å². The van der Waals surface area contributed by atoms with Crippen molar-refractivity contribution in [2.75, 3.05) is 25.3 Å². The van der Waals surface area contributed by atoms with Crippen LogP contribution in [0.2, 0.25) is 0 Å². The molecule has 1 amide bonds. The Morgan fingerprint density at radius 2 is 1.76 bits per heavy atom. The number of carbonyl (C=O) groups is 1. The molecule has 0 atom stereocenters. The second-order valence-corrected chi connectivity index (χ2v) is 6.00. The number of anilines is 2. The monoisotopic (exact) mass is 355 g/mol. The maximum absolute atomic E-state index is 12.8. The number of ether oxygens (including phenoxy) is 2. The van der Waals surface area contributed by atoms with Gasteiger partial charge >= 0.3 is 0 Å². The molecule has 7 heteroatoms. The summed E-state index contributed by atoms with van der Waals surface area (Å²) in [4.78, 5) is 17.1. The van der Waals surface area contributed by atoms with Crippen molar-refractivity contribution in [3.8, 4) is 22.8 Å². The molecular formula is C18H17N3O3S. The summed E-state index contributed by atoms with van der Waals surface area (Å²) in [7, 11) is 3.02. The summed E-state index contributed by atoms with van der Waals surface area (Å²) in [5.41, 5.74) is 8.19. The van der Waals surface area contributed by atoms with Gasteiger partial charge in [-0.15, -0.1) is 11.3 Å². The number of nitrogens with one attached hydrogen (secondary N) is 1. The number of rotatable bonds is 5. The Morgan fingerprint density at radius 3 is 2.36 bits per heavy atom. The molecule has 0 aliphatic heterocycles. The van der Waals surface area contributed by atoms with E-state index in [-0.39, 0.29) is 5.91 Å². The van der Waals surface area contributed by atoms with Crippen molar-refractivity contribution in [3.63, 3.8) is 0 Å². The van der Waals surface area contributed by atoms with E-state index < -0.39 is 0 Å². The normalized spacial score (nSPS) is 10.3. The average Bonchev–Trinajstić information content (AvgIpc) is 3.07. The quantitative estimate of drug-likeness (QED) is 0.729. The third-order valence-electron chi connectivity index (χ3n) is 3.63. The van der Waals surface area contributed by atoms with E-state index in [1.165, 1.54) is 25.6 Å². The number of nitrogen functional groups attached to an aromatic ring is 1. The second kappa shape index (κ2) is 7.23. The van der Waals surface area contributed by atoms with E-state index in [2.05, 4.69) is 10.3 Å². The Morgan fingerprint density at radius 1 is 1.08 bits per heavy atom. The molecule has 0 spiro atoms. The molecule has 25 heavy (non-hydrogen) atoms. The van der Waals surface area contributed by atoms with E-state index in [4.69, 9.17) is 15.2 Å². The van der Waals surface area contributed by atoms with Crippen molar-refractivity contribution in [2.45, 2.75) is 0 Å². The molecule has 0 fully saturated rings. The van der Waals surface area contributed by atoms with Gasteiger partial charge in [-0.05, 0) is 18.2 Å². The molecule has 0 aliphatic rings. The second-order valence-electron chi connectivity index (χ2n) is 5.11. The first-order valence-corrected chi connectivity index (χ1v) is 8.34. The number of hydrogen-bond donors (Lipinski definition) is 2. The van der Waals surface area contributed by atoms with Crippen molar-refractivity contribution < 1.29 is 14.3 Å². The fraction of sp³-hybridized carbons (Fsp3) is 0.111. The zero-order chi connectivity index (χ0) is 17.8. The summed E-state index contributed by atoms with van der Waals surface area (Å²) >= 11 is 1.35. The molecule has 6 nitrogen and oxygen atoms in total. The van der Waals surface area contributed by atoms with Crippen molar-refractivity contribution in [1.29, 1.82) is 0 Å². The van der Waals surface area contributed by atoms with Crippen molar-refractivity contribution in [3.05, 3.63) is 53.4 Å². The van der Waals surface area contributed by atoms with Gasteiger partial charge in [-0.2, -0.15) is 0 Å². The third-order valence-corrected chi connectivity index (χ3v) is 4.30. The lowest BCUT2D eigenvalue weighted by Crippen LogP contribution is -2.15. The van der Waals surface area contributed by atoms with E-state index in [0.717, 1.165) is 5.56 Å². The minimum absolute atomic E-state index is 0.329. The van der Waals surface area contributed by atoms with Gasteiger partial charge in [0.2, 0.25) is 0 Å². The van der Waals surface area contributed by atoms with Gasteiger partial charge in [-0.25, -0.2) is 4.98 Å². The SMILES string of the molecule is COc1cccc(OC)c1C(=O)Nc1ccccc1-c1csc(N)n1. The summed E-state index contributed by atoms with van der Waals surface area (Å²) in [6, 6.07) is 12.6. The van der Waals surface area contributed by atoms with Gasteiger partial charge < -0.3 is 20.5 Å². The van der Waals surface area contributed by atoms with Crippen LogP contribution in [0, 0.1) is 0 Å². The first-order chi connectivity index (χ1) is 12.1. The number of benzene rings is 2. The van der Waals surface area contributed by atoms with Gasteiger partial charge in [0.15, 0.2) is 5.13 Å². The number of carbonyl (C=O) groups excluding carboxylic acids is 1. The van der Waals surface area contributed by atoms with E-state index >= 15 is 0 Å². The zero-order valence-electron chi connectivity index (χ0n) is 13.8. The summed E-state index contributed by atoms with van der Waals surface area (Å²) in [5.74, 6) is 0.546. The number of aromatic nitrogens is 1. The smallest absolute Gasteiger partial charge is 0.263 e. The molecule has 0 bridgehead atoms. The number of methoxy groups -OCH3 is 2. The third kappa shape index (κ3) is 3.41. The van der Waals surface area contributed by atoms with Crippen molar-refractivity contribution in [1.82, 2.24) is 4.98 Å². The number of amides is 1. The standard InChI is InChI=1S/C18H17N3O3S/c1-23-14-8-5-9-15(24-2)16(14)17(22)20-12-7-4-3-6-11(12)13-10-25-18(19)21-13/h3-10H,1-2H3,(H2,19,21)(H,20,22). The molecule has 0 saturated heterocycles. The molecule has 1 aromatic heterocycles. The van der Waals surface area contributed by atoms with Crippen LogP contribution in [0.15, 0.2) is 47.8 Å². The Labute approximate surface area is 149 Å². The number of nitrogens with zero attached hydrogens (tertiary/aromatic N) is 1. The van der Waals surface area contributed by atoms with Gasteiger partial charge in [0.05, 0.1) is 25.6 Å². The van der Waals surface area contributed by atoms with Gasteiger partial charge in [-0.3, -0.25) is 4.79 Å². The van der Waals surface area contributed by atoms with Crippen molar-refractivity contribution >= 4 is 28.1 Å². The first kappa shape index (κ1) is 16.8. The van der Waals surface area contributed by atoms with Crippen LogP contribution in [0.3, 0.4) is 0 Å². The predicted octanol–water partition coefficient (Wildman–Crippen LogP) is 3.66. The van der Waals surface area contributed by atoms with Crippen molar-refractivity contribution in [2.24, 2.45) is 0 Å². The van der Waals surface area contributed by atoms with Gasteiger partial charge in [0, 0.05) is 10.9 Å². The molecule has 0 radical (unpaired) electrons. The predicted molar refractivity (Wildman–Crippen MR) is 99.5 cm³/mol. The van der Waals surface area contributed by atoms with E-state index in [1.54, 1.807) is 18.2 Å². The van der Waals surface area contributed by atoms with Crippen LogP contribution in [0.25, 0.3) is 11.3 Å². The Bertz CT molecular complexity index is 886. The summed E-state index contributed by atoms with van der Waals surface area (Å²) in [6.45, 7) is 0. The highest BCUT2D eigenvalue weighted by molar-refractivity contribution is 7.13. The lowest BCUT2D eigenvalue weighted by molar-refractivity contribution is 0.102. The maximum Gasteiger partial charge on any atom is 0.263 e. The molecule has 1 heterocycles. The summed E-state index contributed by atoms with van der Waals surface area (Å²) in [6.07, 6.45) is 0. The molecule has 0 unspecified atom stereocenters. The molecule has 128 valence electrons. The highest BCUT2D eigenvalue weighted by Crippen LogP contribution is 2.32. The molecule has 0 aliphatic carbocycles. The largest absolute Gasteiger partial charge is 0.496 e. The first-order valence-electron chi connectivity index (χ1n) is 7.46. The Hall–Kier alpha value is -3.06. The maximum atomic E-state index is 12.8. The van der Waals surface area contributed by atoms with Crippen LogP contribution >= 0.6 is 11.3 Å². The number of hydrogen-bond acceptors (Lipinski definition) is 6. The van der Waals surface area contributed by atoms with Crippen LogP contribution < -0.4 is 20.5 Å². The molecule has 3 N–H and O–H groups in total. The number of nitrogens with two attached hydrogens (primary N) is 1. The van der Waals surface area contributed by atoms with Crippen LogP contribution in [-0.2, 0) is 0 Å². The molecular weight excluding hydrogens is 338 g/mol. The van der Waals surface area contributed by atoms with E-state index in [9.17, 15) is 4.79 Å². The Kier molecular flexibility index (Phi) is 4.85. The van der Waals surface area contributed by atoms with Gasteiger partial charge in [-0.1, -0.05) is 24.3 Å². The molecule has 3 aromatic rings. The molecule has 2 aromatic carbocycles. The zero-order valence-corrected chi connectivity index (χ0v) is 14.6. The lowest BCUT2D eigenvalue weighted by atomic mass is 10.1. The summed E-state index contributed by atoms with van der Waals surface area (Å²) < 4.78 is 10.6. The minimum atomic E-state index is -0.329. The van der Waals surface area contributed by atoms with Crippen LogP contribution in [0.4, 0.5) is 10.8 Å². The fourth-order valence-electron chi connectivity index (χ4n) is 2.49. The van der Waals surface area contributed by atoms with Gasteiger partial charge in [0.1, 0.15) is 17.1 Å². The highest BCUT2D eigenvalue weighted by Gasteiger charge is 2.19. The van der Waals surface area contributed by atoms with Crippen LogP contribution in [0.5, 0.6) is 11.5 Å². The van der Waals surface area contributed by atoms with Crippen LogP contribution in [0.1, 0.15) is 10.4 Å². The number of thiazole rings is 1. The molecule has 0 saturated carbocycles. The van der Waals surface area contributed by atoms with E-state index in [0.29, 0.717) is 33.6 Å².